The minimum atomic E-state index is -0.379. The van der Waals surface area contributed by atoms with Crippen LogP contribution >= 0.6 is 0 Å². The van der Waals surface area contributed by atoms with Crippen LogP contribution in [-0.2, 0) is 14.2 Å². The van der Waals surface area contributed by atoms with E-state index in [0.29, 0.717) is 39.1 Å². The summed E-state index contributed by atoms with van der Waals surface area (Å²) in [7, 11) is 4.70. The van der Waals surface area contributed by atoms with Crippen molar-refractivity contribution in [3.63, 3.8) is 0 Å². The van der Waals surface area contributed by atoms with Crippen molar-refractivity contribution >= 4 is 17.7 Å². The van der Waals surface area contributed by atoms with Crippen LogP contribution in [0.2, 0.25) is 0 Å². The molecule has 0 aliphatic rings. The number of benzene rings is 1. The first kappa shape index (κ1) is 28.5. The molecular weight excluding hydrogens is 426 g/mol. The Morgan fingerprint density at radius 1 is 0.606 bits per heavy atom. The largest absolute Gasteiger partial charge is 0.383 e. The molecule has 9 nitrogen and oxygen atoms in total. The maximum atomic E-state index is 12.9. The van der Waals surface area contributed by atoms with Crippen molar-refractivity contribution in [2.75, 3.05) is 41.2 Å². The van der Waals surface area contributed by atoms with Crippen LogP contribution in [-0.4, -0.2) is 77.0 Å². The average Bonchev–Trinajstić information content (AvgIpc) is 2.82. The van der Waals surface area contributed by atoms with Crippen molar-refractivity contribution in [2.24, 2.45) is 0 Å². The Bertz CT molecular complexity index is 658. The Balaban J connectivity index is 3.27. The van der Waals surface area contributed by atoms with E-state index in [1.807, 2.05) is 20.8 Å². The highest BCUT2D eigenvalue weighted by molar-refractivity contribution is 6.04. The summed E-state index contributed by atoms with van der Waals surface area (Å²) in [6.45, 7) is 6.90. The number of carbonyl (C=O) groups excluding carboxylic acids is 3. The van der Waals surface area contributed by atoms with Gasteiger partial charge in [0.25, 0.3) is 17.7 Å². The number of carbonyl (C=O) groups is 3. The highest BCUT2D eigenvalue weighted by Crippen LogP contribution is 2.13. The fraction of sp³-hybridized carbons (Fsp3) is 0.625. The van der Waals surface area contributed by atoms with Gasteiger partial charge in [0.15, 0.2) is 0 Å². The standard InChI is InChI=1S/C24H39N3O6/c1-7-19(13-31-4)25-22(28)16-10-17(23(29)26-20(8-2)14-32-5)12-18(11-16)24(30)27-21(9-3)15-33-6/h10-12,19-21H,7-9,13-15H2,1-6H3,(H,25,28)(H,26,29)(H,27,30). The average molecular weight is 466 g/mol. The number of amides is 3. The fourth-order valence-corrected chi connectivity index (χ4v) is 3.22. The summed E-state index contributed by atoms with van der Waals surface area (Å²) in [5.41, 5.74) is 0.672. The lowest BCUT2D eigenvalue weighted by atomic mass is 10.0. The molecule has 0 radical (unpaired) electrons. The smallest absolute Gasteiger partial charge is 0.251 e. The predicted octanol–water partition coefficient (Wildman–Crippen LogP) is 2.15. The van der Waals surface area contributed by atoms with Gasteiger partial charge in [0.05, 0.1) is 37.9 Å². The summed E-state index contributed by atoms with van der Waals surface area (Å²) >= 11 is 0. The van der Waals surface area contributed by atoms with Crippen LogP contribution in [0.25, 0.3) is 0 Å². The molecular formula is C24H39N3O6. The van der Waals surface area contributed by atoms with Crippen LogP contribution in [0.4, 0.5) is 0 Å². The molecule has 0 saturated heterocycles. The Morgan fingerprint density at radius 2 is 0.848 bits per heavy atom. The third-order valence-electron chi connectivity index (χ3n) is 5.31. The van der Waals surface area contributed by atoms with Crippen LogP contribution < -0.4 is 16.0 Å². The van der Waals surface area contributed by atoms with E-state index in [-0.39, 0.29) is 52.5 Å². The molecule has 0 spiro atoms. The van der Waals surface area contributed by atoms with Gasteiger partial charge in [0, 0.05) is 38.0 Å². The Hall–Kier alpha value is -2.49. The molecule has 0 aromatic heterocycles. The van der Waals surface area contributed by atoms with Gasteiger partial charge in [-0.05, 0) is 37.5 Å². The van der Waals surface area contributed by atoms with Gasteiger partial charge in [0.1, 0.15) is 0 Å². The molecule has 0 aliphatic heterocycles. The van der Waals surface area contributed by atoms with Gasteiger partial charge in [-0.3, -0.25) is 14.4 Å². The van der Waals surface area contributed by atoms with Crippen molar-refractivity contribution in [3.8, 4) is 0 Å². The van der Waals surface area contributed by atoms with Crippen LogP contribution in [0.15, 0.2) is 18.2 Å². The summed E-state index contributed by atoms with van der Waals surface area (Å²) in [6.07, 6.45) is 2.03. The molecule has 3 unspecified atom stereocenters. The zero-order valence-corrected chi connectivity index (χ0v) is 20.7. The summed E-state index contributed by atoms with van der Waals surface area (Å²) in [6, 6.07) is 3.92. The predicted molar refractivity (Wildman–Crippen MR) is 127 cm³/mol. The molecule has 186 valence electrons. The van der Waals surface area contributed by atoms with Gasteiger partial charge in [0.2, 0.25) is 0 Å². The van der Waals surface area contributed by atoms with Crippen molar-refractivity contribution < 1.29 is 28.6 Å². The van der Waals surface area contributed by atoms with E-state index in [0.717, 1.165) is 0 Å². The molecule has 3 atom stereocenters. The molecule has 33 heavy (non-hydrogen) atoms. The first-order chi connectivity index (χ1) is 15.8. The molecule has 1 aromatic carbocycles. The molecule has 0 aliphatic carbocycles. The summed E-state index contributed by atoms with van der Waals surface area (Å²) in [5.74, 6) is -1.14. The van der Waals surface area contributed by atoms with Gasteiger partial charge in [-0.2, -0.15) is 0 Å². The topological polar surface area (TPSA) is 115 Å². The molecule has 3 N–H and O–H groups in total. The molecule has 0 bridgehead atoms. The molecule has 0 heterocycles. The van der Waals surface area contributed by atoms with Gasteiger partial charge >= 0.3 is 0 Å². The Labute approximate surface area is 196 Å². The van der Waals surface area contributed by atoms with Crippen LogP contribution in [0, 0.1) is 0 Å². The second-order valence-electron chi connectivity index (χ2n) is 7.90. The van der Waals surface area contributed by atoms with E-state index in [1.54, 1.807) is 21.3 Å². The normalized spacial score (nSPS) is 13.6. The third kappa shape index (κ3) is 9.49. The zero-order valence-electron chi connectivity index (χ0n) is 20.7. The number of rotatable bonds is 15. The van der Waals surface area contributed by atoms with Gasteiger partial charge < -0.3 is 30.2 Å². The summed E-state index contributed by atoms with van der Waals surface area (Å²) in [4.78, 5) is 38.8. The van der Waals surface area contributed by atoms with Crippen LogP contribution in [0.5, 0.6) is 0 Å². The van der Waals surface area contributed by atoms with Crippen molar-refractivity contribution in [3.05, 3.63) is 34.9 Å². The summed E-state index contributed by atoms with van der Waals surface area (Å²) < 4.78 is 15.4. The molecule has 9 heteroatoms. The quantitative estimate of drug-likeness (QED) is 0.366. The monoisotopic (exact) mass is 465 g/mol. The minimum absolute atomic E-state index is 0.186. The van der Waals surface area contributed by atoms with Gasteiger partial charge in [-0.25, -0.2) is 0 Å². The number of nitrogens with one attached hydrogen (secondary N) is 3. The number of methoxy groups -OCH3 is 3. The molecule has 1 aromatic rings. The minimum Gasteiger partial charge on any atom is -0.383 e. The van der Waals surface area contributed by atoms with E-state index in [2.05, 4.69) is 16.0 Å². The zero-order chi connectivity index (χ0) is 24.8. The van der Waals surface area contributed by atoms with Crippen molar-refractivity contribution in [2.45, 2.75) is 58.2 Å². The second-order valence-corrected chi connectivity index (χ2v) is 7.90. The first-order valence-electron chi connectivity index (χ1n) is 11.4. The molecule has 3 amide bonds. The van der Waals surface area contributed by atoms with E-state index in [9.17, 15) is 14.4 Å². The number of ether oxygens (including phenoxy) is 3. The van der Waals surface area contributed by atoms with E-state index >= 15 is 0 Å². The van der Waals surface area contributed by atoms with Crippen molar-refractivity contribution in [1.82, 2.24) is 16.0 Å². The third-order valence-corrected chi connectivity index (χ3v) is 5.31. The molecule has 1 rings (SSSR count). The second kappa shape index (κ2) is 15.4. The highest BCUT2D eigenvalue weighted by atomic mass is 16.5. The summed E-state index contributed by atoms with van der Waals surface area (Å²) in [5, 5.41) is 8.68. The maximum Gasteiger partial charge on any atom is 0.251 e. The SMILES string of the molecule is CCC(COC)NC(=O)c1cc(C(=O)NC(CC)COC)cc(C(=O)NC(CC)COC)c1. The van der Waals surface area contributed by atoms with Crippen LogP contribution in [0.1, 0.15) is 71.1 Å². The first-order valence-corrected chi connectivity index (χ1v) is 11.4. The van der Waals surface area contributed by atoms with E-state index in [1.165, 1.54) is 18.2 Å². The number of hydrogen-bond donors (Lipinski definition) is 3. The van der Waals surface area contributed by atoms with Crippen molar-refractivity contribution in [1.29, 1.82) is 0 Å². The fourth-order valence-electron chi connectivity index (χ4n) is 3.22. The Kier molecular flexibility index (Phi) is 13.3. The lowest BCUT2D eigenvalue weighted by molar-refractivity contribution is 0.0894. The van der Waals surface area contributed by atoms with E-state index < -0.39 is 0 Å². The van der Waals surface area contributed by atoms with Gasteiger partial charge in [-0.15, -0.1) is 0 Å². The molecule has 0 saturated carbocycles. The highest BCUT2D eigenvalue weighted by Gasteiger charge is 2.21. The van der Waals surface area contributed by atoms with Crippen LogP contribution in [0.3, 0.4) is 0 Å². The van der Waals surface area contributed by atoms with Gasteiger partial charge in [-0.1, -0.05) is 20.8 Å². The lowest BCUT2D eigenvalue weighted by Gasteiger charge is -2.19. The van der Waals surface area contributed by atoms with E-state index in [4.69, 9.17) is 14.2 Å². The molecule has 0 fully saturated rings. The maximum absolute atomic E-state index is 12.9. The lowest BCUT2D eigenvalue weighted by Crippen LogP contribution is -2.40. The Morgan fingerprint density at radius 3 is 1.03 bits per heavy atom. The number of hydrogen-bond acceptors (Lipinski definition) is 6.